The molecule has 1 aliphatic rings. The highest BCUT2D eigenvalue weighted by atomic mass is 16.4. The second-order valence-corrected chi connectivity index (χ2v) is 4.93. The summed E-state index contributed by atoms with van der Waals surface area (Å²) in [5, 5.41) is 18.8. The van der Waals surface area contributed by atoms with E-state index >= 15 is 0 Å². The van der Waals surface area contributed by atoms with Crippen molar-refractivity contribution >= 4 is 11.5 Å². The van der Waals surface area contributed by atoms with Crippen molar-refractivity contribution in [3.63, 3.8) is 0 Å². The molecule has 0 saturated carbocycles. The van der Waals surface area contributed by atoms with E-state index in [1.807, 2.05) is 12.1 Å². The monoisotopic (exact) mass is 232 g/mol. The summed E-state index contributed by atoms with van der Waals surface area (Å²) >= 11 is 0. The van der Waals surface area contributed by atoms with Crippen molar-refractivity contribution in [2.24, 2.45) is 5.41 Å². The maximum atomic E-state index is 11.3. The summed E-state index contributed by atoms with van der Waals surface area (Å²) in [7, 11) is 0. The Morgan fingerprint density at radius 1 is 1.35 bits per heavy atom. The van der Waals surface area contributed by atoms with Crippen LogP contribution in [0.25, 0.3) is 5.57 Å². The molecule has 3 nitrogen and oxygen atoms in total. The number of phenolic OH excluding ortho intramolecular Hbond substituents is 1. The van der Waals surface area contributed by atoms with Gasteiger partial charge in [0.2, 0.25) is 0 Å². The molecule has 0 unspecified atom stereocenters. The fourth-order valence-corrected chi connectivity index (χ4v) is 2.22. The normalized spacial score (nSPS) is 15.1. The van der Waals surface area contributed by atoms with E-state index in [9.17, 15) is 15.0 Å². The van der Waals surface area contributed by atoms with Crippen LogP contribution in [0.2, 0.25) is 0 Å². The maximum Gasteiger partial charge on any atom is 0.313 e. The number of benzene rings is 1. The maximum absolute atomic E-state index is 11.3. The summed E-state index contributed by atoms with van der Waals surface area (Å²) in [6.45, 7) is 3.39. The van der Waals surface area contributed by atoms with Gasteiger partial charge in [0.25, 0.3) is 0 Å². The number of hydrogen-bond donors (Lipinski definition) is 2. The molecule has 1 aromatic carbocycles. The Morgan fingerprint density at radius 3 is 2.71 bits per heavy atom. The molecule has 0 fully saturated rings. The lowest BCUT2D eigenvalue weighted by Gasteiger charge is -2.28. The number of carboxylic acids is 1. The quantitative estimate of drug-likeness (QED) is 0.824. The number of carbonyl (C=O) groups is 1. The van der Waals surface area contributed by atoms with Crippen LogP contribution in [0.4, 0.5) is 0 Å². The number of aliphatic carboxylic acids is 1. The van der Waals surface area contributed by atoms with Crippen LogP contribution in [0.1, 0.15) is 31.4 Å². The van der Waals surface area contributed by atoms with Gasteiger partial charge in [-0.3, -0.25) is 4.79 Å². The zero-order valence-corrected chi connectivity index (χ0v) is 10.0. The Kier molecular flexibility index (Phi) is 2.69. The first-order chi connectivity index (χ1) is 7.93. The van der Waals surface area contributed by atoms with Crippen molar-refractivity contribution in [1.29, 1.82) is 0 Å². The number of aromatic hydroxyl groups is 1. The molecule has 0 saturated heterocycles. The number of rotatable bonds is 2. The molecule has 2 N–H and O–H groups in total. The first kappa shape index (κ1) is 11.7. The van der Waals surface area contributed by atoms with Crippen molar-refractivity contribution in [3.8, 4) is 5.75 Å². The van der Waals surface area contributed by atoms with Gasteiger partial charge in [-0.1, -0.05) is 12.1 Å². The number of phenols is 1. The second-order valence-electron chi connectivity index (χ2n) is 4.93. The molecule has 3 heteroatoms. The molecule has 0 heterocycles. The Hall–Kier alpha value is -1.77. The summed E-state index contributed by atoms with van der Waals surface area (Å²) in [6, 6.07) is 5.18. The van der Waals surface area contributed by atoms with Crippen molar-refractivity contribution in [2.75, 3.05) is 0 Å². The van der Waals surface area contributed by atoms with Gasteiger partial charge in [0.1, 0.15) is 5.75 Å². The van der Waals surface area contributed by atoms with E-state index in [4.69, 9.17) is 0 Å². The average molecular weight is 232 g/mol. The Labute approximate surface area is 100 Å². The molecule has 1 aliphatic carbocycles. The van der Waals surface area contributed by atoms with E-state index in [1.165, 1.54) is 0 Å². The highest BCUT2D eigenvalue weighted by Gasteiger charge is 2.34. The molecule has 0 amide bonds. The van der Waals surface area contributed by atoms with Crippen LogP contribution in [-0.2, 0) is 11.2 Å². The van der Waals surface area contributed by atoms with E-state index in [-0.39, 0.29) is 5.75 Å². The lowest BCUT2D eigenvalue weighted by atomic mass is 9.75. The summed E-state index contributed by atoms with van der Waals surface area (Å²) in [6.07, 6.45) is 3.72. The van der Waals surface area contributed by atoms with Gasteiger partial charge in [-0.15, -0.1) is 0 Å². The Balaban J connectivity index is 2.55. The third-order valence-corrected chi connectivity index (χ3v) is 3.35. The van der Waals surface area contributed by atoms with Gasteiger partial charge in [-0.05, 0) is 55.5 Å². The molecule has 0 radical (unpaired) electrons. The number of allylic oxidation sites excluding steroid dienone is 1. The SMILES string of the molecule is CC(C)(C(=O)O)C1=CCCc2ccc(O)cc21. The molecule has 1 aromatic rings. The molecule has 0 atom stereocenters. The van der Waals surface area contributed by atoms with Gasteiger partial charge < -0.3 is 10.2 Å². The standard InChI is InChI=1S/C14H16O3/c1-14(2,13(16)17)12-5-3-4-9-6-7-10(15)8-11(9)12/h5-8,15H,3-4H2,1-2H3,(H,16,17). The van der Waals surface area contributed by atoms with E-state index < -0.39 is 11.4 Å². The smallest absolute Gasteiger partial charge is 0.313 e. The zero-order valence-electron chi connectivity index (χ0n) is 10.0. The number of hydrogen-bond acceptors (Lipinski definition) is 2. The molecule has 2 rings (SSSR count). The molecular formula is C14H16O3. The van der Waals surface area contributed by atoms with Gasteiger partial charge in [0.15, 0.2) is 0 Å². The van der Waals surface area contributed by atoms with Crippen LogP contribution in [0.3, 0.4) is 0 Å². The lowest BCUT2D eigenvalue weighted by molar-refractivity contribution is -0.143. The van der Waals surface area contributed by atoms with Gasteiger partial charge >= 0.3 is 5.97 Å². The summed E-state index contributed by atoms with van der Waals surface area (Å²) in [5.41, 5.74) is 1.84. The predicted molar refractivity (Wildman–Crippen MR) is 65.8 cm³/mol. The summed E-state index contributed by atoms with van der Waals surface area (Å²) in [4.78, 5) is 11.3. The molecular weight excluding hydrogens is 216 g/mol. The fraction of sp³-hybridized carbons (Fsp3) is 0.357. The van der Waals surface area contributed by atoms with Gasteiger partial charge in [-0.25, -0.2) is 0 Å². The van der Waals surface area contributed by atoms with Crippen LogP contribution in [0.15, 0.2) is 24.3 Å². The molecule has 0 aliphatic heterocycles. The Bertz CT molecular complexity index is 498. The third kappa shape index (κ3) is 1.93. The van der Waals surface area contributed by atoms with Gasteiger partial charge in [-0.2, -0.15) is 0 Å². The van der Waals surface area contributed by atoms with E-state index in [0.29, 0.717) is 0 Å². The van der Waals surface area contributed by atoms with Crippen LogP contribution < -0.4 is 0 Å². The molecule has 0 bridgehead atoms. The van der Waals surface area contributed by atoms with Crippen molar-refractivity contribution < 1.29 is 15.0 Å². The van der Waals surface area contributed by atoms with E-state index in [1.54, 1.807) is 26.0 Å². The summed E-state index contributed by atoms with van der Waals surface area (Å²) < 4.78 is 0. The predicted octanol–water partition coefficient (Wildman–Crippen LogP) is 2.83. The highest BCUT2D eigenvalue weighted by Crippen LogP contribution is 2.40. The molecule has 0 spiro atoms. The zero-order chi connectivity index (χ0) is 12.6. The largest absolute Gasteiger partial charge is 0.508 e. The molecule has 17 heavy (non-hydrogen) atoms. The first-order valence-corrected chi connectivity index (χ1v) is 5.69. The topological polar surface area (TPSA) is 57.5 Å². The lowest BCUT2D eigenvalue weighted by Crippen LogP contribution is -2.26. The van der Waals surface area contributed by atoms with Crippen molar-refractivity contribution in [3.05, 3.63) is 35.4 Å². The molecule has 90 valence electrons. The number of carboxylic acid groups (broad SMARTS) is 1. The number of aryl methyl sites for hydroxylation is 1. The minimum absolute atomic E-state index is 0.178. The van der Waals surface area contributed by atoms with Crippen LogP contribution in [0.5, 0.6) is 5.75 Å². The minimum Gasteiger partial charge on any atom is -0.508 e. The average Bonchev–Trinajstić information content (AvgIpc) is 2.27. The van der Waals surface area contributed by atoms with Gasteiger partial charge in [0.05, 0.1) is 5.41 Å². The molecule has 0 aromatic heterocycles. The van der Waals surface area contributed by atoms with Crippen LogP contribution in [0, 0.1) is 5.41 Å². The van der Waals surface area contributed by atoms with Gasteiger partial charge in [0, 0.05) is 0 Å². The van der Waals surface area contributed by atoms with Crippen molar-refractivity contribution in [1.82, 2.24) is 0 Å². The highest BCUT2D eigenvalue weighted by molar-refractivity contribution is 5.92. The fourth-order valence-electron chi connectivity index (χ4n) is 2.22. The number of fused-ring (bicyclic) bond motifs is 1. The third-order valence-electron chi connectivity index (χ3n) is 3.35. The van der Waals surface area contributed by atoms with Crippen molar-refractivity contribution in [2.45, 2.75) is 26.7 Å². The van der Waals surface area contributed by atoms with Crippen LogP contribution >= 0.6 is 0 Å². The van der Waals surface area contributed by atoms with E-state index in [0.717, 1.165) is 29.5 Å². The van der Waals surface area contributed by atoms with E-state index in [2.05, 4.69) is 0 Å². The summed E-state index contributed by atoms with van der Waals surface area (Å²) in [5.74, 6) is -0.669. The minimum atomic E-state index is -0.928. The first-order valence-electron chi connectivity index (χ1n) is 5.69. The second kappa shape index (κ2) is 3.91. The Morgan fingerprint density at radius 2 is 2.06 bits per heavy atom. The van der Waals surface area contributed by atoms with Crippen LogP contribution in [-0.4, -0.2) is 16.2 Å².